The summed E-state index contributed by atoms with van der Waals surface area (Å²) in [6.45, 7) is 4.99. The van der Waals surface area contributed by atoms with E-state index in [0.29, 0.717) is 6.61 Å². The molecule has 0 bridgehead atoms. The lowest BCUT2D eigenvalue weighted by atomic mass is 10.2. The van der Waals surface area contributed by atoms with Gasteiger partial charge >= 0.3 is 0 Å². The number of aromatic nitrogens is 1. The number of ether oxygens (including phenoxy) is 2. The lowest BCUT2D eigenvalue weighted by molar-refractivity contribution is -0.0182. The van der Waals surface area contributed by atoms with E-state index in [4.69, 9.17) is 9.47 Å². The second-order valence-corrected chi connectivity index (χ2v) is 6.14. The van der Waals surface area contributed by atoms with Crippen molar-refractivity contribution in [1.82, 2.24) is 15.2 Å². The number of hydrogen-bond donors (Lipinski definition) is 1. The van der Waals surface area contributed by atoms with E-state index >= 15 is 0 Å². The highest BCUT2D eigenvalue weighted by Gasteiger charge is 2.17. The SMILES string of the molecule is CN1CCO[C@H](CNCc2ccccc2OCc2ccncc2)C1. The van der Waals surface area contributed by atoms with E-state index in [1.165, 1.54) is 0 Å². The molecule has 5 nitrogen and oxygen atoms in total. The van der Waals surface area contributed by atoms with Gasteiger partial charge in [-0.3, -0.25) is 4.98 Å². The minimum absolute atomic E-state index is 0.258. The molecule has 0 aliphatic carbocycles. The van der Waals surface area contributed by atoms with E-state index in [9.17, 15) is 0 Å². The zero-order valence-electron chi connectivity index (χ0n) is 14.1. The van der Waals surface area contributed by atoms with Gasteiger partial charge in [-0.2, -0.15) is 0 Å². The molecular weight excluding hydrogens is 302 g/mol. The second-order valence-electron chi connectivity index (χ2n) is 6.14. The van der Waals surface area contributed by atoms with E-state index in [2.05, 4.69) is 28.3 Å². The van der Waals surface area contributed by atoms with Crippen molar-refractivity contribution in [1.29, 1.82) is 0 Å². The first kappa shape index (κ1) is 16.9. The first-order valence-corrected chi connectivity index (χ1v) is 8.42. The second kappa shape index (κ2) is 8.78. The maximum absolute atomic E-state index is 5.98. The molecule has 1 atom stereocenters. The van der Waals surface area contributed by atoms with Gasteiger partial charge in [0.05, 0.1) is 12.7 Å². The van der Waals surface area contributed by atoms with Crippen molar-refractivity contribution in [2.24, 2.45) is 0 Å². The molecule has 1 saturated heterocycles. The molecule has 1 aromatic carbocycles. The molecule has 0 saturated carbocycles. The Morgan fingerprint density at radius 2 is 2.08 bits per heavy atom. The Morgan fingerprint density at radius 3 is 2.92 bits per heavy atom. The fourth-order valence-electron chi connectivity index (χ4n) is 2.79. The van der Waals surface area contributed by atoms with Crippen molar-refractivity contribution in [3.05, 3.63) is 59.9 Å². The Labute approximate surface area is 143 Å². The van der Waals surface area contributed by atoms with Gasteiger partial charge in [-0.1, -0.05) is 18.2 Å². The van der Waals surface area contributed by atoms with Crippen LogP contribution in [-0.4, -0.2) is 49.3 Å². The Bertz CT molecular complexity index is 621. The Balaban J connectivity index is 1.50. The minimum atomic E-state index is 0.258. The Morgan fingerprint density at radius 1 is 1.25 bits per heavy atom. The van der Waals surface area contributed by atoms with E-state index in [-0.39, 0.29) is 6.10 Å². The highest BCUT2D eigenvalue weighted by atomic mass is 16.5. The van der Waals surface area contributed by atoms with Crippen LogP contribution in [0.3, 0.4) is 0 Å². The number of likely N-dealkylation sites (N-methyl/N-ethyl adjacent to an activating group) is 1. The van der Waals surface area contributed by atoms with E-state index < -0.39 is 0 Å². The van der Waals surface area contributed by atoms with E-state index in [0.717, 1.165) is 49.7 Å². The van der Waals surface area contributed by atoms with E-state index in [1.807, 2.05) is 30.3 Å². The van der Waals surface area contributed by atoms with Crippen molar-refractivity contribution in [2.75, 3.05) is 33.3 Å². The smallest absolute Gasteiger partial charge is 0.124 e. The molecule has 1 fully saturated rings. The summed E-state index contributed by atoms with van der Waals surface area (Å²) < 4.78 is 11.8. The van der Waals surface area contributed by atoms with Crippen molar-refractivity contribution >= 4 is 0 Å². The molecular formula is C19H25N3O2. The van der Waals surface area contributed by atoms with Gasteiger partial charge in [0.1, 0.15) is 12.4 Å². The first-order chi connectivity index (χ1) is 11.8. The molecule has 0 radical (unpaired) electrons. The average Bonchev–Trinajstić information content (AvgIpc) is 2.62. The number of nitrogens with one attached hydrogen (secondary N) is 1. The molecule has 128 valence electrons. The fraction of sp³-hybridized carbons (Fsp3) is 0.421. The number of rotatable bonds is 7. The summed E-state index contributed by atoms with van der Waals surface area (Å²) in [5.74, 6) is 0.920. The maximum Gasteiger partial charge on any atom is 0.124 e. The van der Waals surface area contributed by atoms with Crippen LogP contribution in [0.15, 0.2) is 48.8 Å². The van der Waals surface area contributed by atoms with Crippen LogP contribution in [0.1, 0.15) is 11.1 Å². The summed E-state index contributed by atoms with van der Waals surface area (Å²) in [5.41, 5.74) is 2.28. The van der Waals surface area contributed by atoms with Gasteiger partial charge < -0.3 is 19.7 Å². The van der Waals surface area contributed by atoms with E-state index in [1.54, 1.807) is 12.4 Å². The highest BCUT2D eigenvalue weighted by molar-refractivity contribution is 5.33. The molecule has 5 heteroatoms. The minimum Gasteiger partial charge on any atom is -0.489 e. The van der Waals surface area contributed by atoms with Gasteiger partial charge in [-0.15, -0.1) is 0 Å². The molecule has 0 spiro atoms. The van der Waals surface area contributed by atoms with Crippen LogP contribution in [0.4, 0.5) is 0 Å². The number of pyridine rings is 1. The lowest BCUT2D eigenvalue weighted by Gasteiger charge is -2.30. The van der Waals surface area contributed by atoms with Crippen LogP contribution < -0.4 is 10.1 Å². The third-order valence-electron chi connectivity index (χ3n) is 4.15. The molecule has 1 aliphatic heterocycles. The van der Waals surface area contributed by atoms with Crippen LogP contribution >= 0.6 is 0 Å². The molecule has 2 heterocycles. The molecule has 24 heavy (non-hydrogen) atoms. The van der Waals surface area contributed by atoms with Crippen LogP contribution in [0, 0.1) is 0 Å². The monoisotopic (exact) mass is 327 g/mol. The van der Waals surface area contributed by atoms with Gasteiger partial charge in [-0.05, 0) is 30.8 Å². The van der Waals surface area contributed by atoms with Crippen LogP contribution in [0.25, 0.3) is 0 Å². The van der Waals surface area contributed by atoms with Gasteiger partial charge in [0.15, 0.2) is 0 Å². The summed E-state index contributed by atoms with van der Waals surface area (Å²) in [7, 11) is 2.14. The summed E-state index contributed by atoms with van der Waals surface area (Å²) in [6, 6.07) is 12.1. The first-order valence-electron chi connectivity index (χ1n) is 8.42. The quantitative estimate of drug-likeness (QED) is 0.844. The Hall–Kier alpha value is -1.95. The molecule has 0 amide bonds. The summed E-state index contributed by atoms with van der Waals surface area (Å²) in [6.07, 6.45) is 3.83. The molecule has 1 aliphatic rings. The fourth-order valence-corrected chi connectivity index (χ4v) is 2.79. The average molecular weight is 327 g/mol. The molecule has 3 rings (SSSR count). The zero-order chi connectivity index (χ0) is 16.6. The molecule has 0 unspecified atom stereocenters. The predicted molar refractivity (Wildman–Crippen MR) is 94.0 cm³/mol. The summed E-state index contributed by atoms with van der Waals surface area (Å²) >= 11 is 0. The lowest BCUT2D eigenvalue weighted by Crippen LogP contribution is -2.44. The summed E-state index contributed by atoms with van der Waals surface area (Å²) in [4.78, 5) is 6.33. The standard InChI is InChI=1S/C19H25N3O2/c1-22-10-11-23-18(14-22)13-21-12-17-4-2-3-5-19(17)24-15-16-6-8-20-9-7-16/h2-9,18,21H,10-15H2,1H3/t18-/m1/s1. The molecule has 1 N–H and O–H groups in total. The summed E-state index contributed by atoms with van der Waals surface area (Å²) in [5, 5.41) is 3.49. The van der Waals surface area contributed by atoms with Gasteiger partial charge in [0.2, 0.25) is 0 Å². The van der Waals surface area contributed by atoms with Crippen molar-refractivity contribution < 1.29 is 9.47 Å². The molecule has 1 aromatic heterocycles. The Kier molecular flexibility index (Phi) is 6.18. The largest absolute Gasteiger partial charge is 0.489 e. The number of benzene rings is 1. The third kappa shape index (κ3) is 5.03. The zero-order valence-corrected chi connectivity index (χ0v) is 14.1. The third-order valence-corrected chi connectivity index (χ3v) is 4.15. The number of nitrogens with zero attached hydrogens (tertiary/aromatic N) is 2. The van der Waals surface area contributed by atoms with Crippen molar-refractivity contribution in [3.8, 4) is 5.75 Å². The van der Waals surface area contributed by atoms with Gasteiger partial charge in [-0.25, -0.2) is 0 Å². The molecule has 2 aromatic rings. The number of morpholine rings is 1. The van der Waals surface area contributed by atoms with Gasteiger partial charge in [0.25, 0.3) is 0 Å². The van der Waals surface area contributed by atoms with Gasteiger partial charge in [0, 0.05) is 44.1 Å². The van der Waals surface area contributed by atoms with Crippen LogP contribution in [-0.2, 0) is 17.9 Å². The number of para-hydroxylation sites is 1. The predicted octanol–water partition coefficient (Wildman–Crippen LogP) is 2.08. The number of hydrogen-bond acceptors (Lipinski definition) is 5. The normalized spacial score (nSPS) is 18.5. The maximum atomic E-state index is 5.98. The van der Waals surface area contributed by atoms with Crippen molar-refractivity contribution in [2.45, 2.75) is 19.3 Å². The van der Waals surface area contributed by atoms with Crippen molar-refractivity contribution in [3.63, 3.8) is 0 Å². The topological polar surface area (TPSA) is 46.6 Å². The van der Waals surface area contributed by atoms with Crippen LogP contribution in [0.5, 0.6) is 5.75 Å². The van der Waals surface area contributed by atoms with Crippen LogP contribution in [0.2, 0.25) is 0 Å². The highest BCUT2D eigenvalue weighted by Crippen LogP contribution is 2.19.